The summed E-state index contributed by atoms with van der Waals surface area (Å²) in [6.07, 6.45) is 0. The van der Waals surface area contributed by atoms with Gasteiger partial charge in [0.25, 0.3) is 11.8 Å². The maximum Gasteiger partial charge on any atom is 0.258 e. The van der Waals surface area contributed by atoms with Gasteiger partial charge in [0, 0.05) is 29.0 Å². The Hall–Kier alpha value is -3.60. The molecule has 1 N–H and O–H groups in total. The third-order valence-electron chi connectivity index (χ3n) is 4.42. The number of benzene rings is 3. The summed E-state index contributed by atoms with van der Waals surface area (Å²) in [5, 5.41) is 2.85. The molecule has 5 nitrogen and oxygen atoms in total. The van der Waals surface area contributed by atoms with Crippen molar-refractivity contribution >= 4 is 23.2 Å². The minimum absolute atomic E-state index is 0.115. The Balaban J connectivity index is 1.75. The van der Waals surface area contributed by atoms with Gasteiger partial charge in [-0.3, -0.25) is 9.59 Å². The van der Waals surface area contributed by atoms with Gasteiger partial charge >= 0.3 is 0 Å². The second-order valence-corrected chi connectivity index (χ2v) is 6.38. The Kier molecular flexibility index (Phi) is 6.63. The van der Waals surface area contributed by atoms with Gasteiger partial charge in [-0.25, -0.2) is 0 Å². The molecular weight excluding hydrogens is 364 g/mol. The molecule has 0 saturated carbocycles. The lowest BCUT2D eigenvalue weighted by Gasteiger charge is -2.21. The number of anilines is 2. The first-order valence-electron chi connectivity index (χ1n) is 9.63. The van der Waals surface area contributed by atoms with Crippen LogP contribution in [0.5, 0.6) is 5.75 Å². The van der Waals surface area contributed by atoms with Crippen LogP contribution < -0.4 is 15.0 Å². The molecule has 148 valence electrons. The van der Waals surface area contributed by atoms with Crippen LogP contribution in [0.4, 0.5) is 11.4 Å². The van der Waals surface area contributed by atoms with Crippen LogP contribution in [0.2, 0.25) is 0 Å². The Labute approximate surface area is 170 Å². The average molecular weight is 388 g/mol. The molecule has 0 heterocycles. The van der Waals surface area contributed by atoms with E-state index >= 15 is 0 Å². The van der Waals surface area contributed by atoms with Crippen LogP contribution in [-0.2, 0) is 0 Å². The number of rotatable bonds is 7. The van der Waals surface area contributed by atoms with E-state index in [2.05, 4.69) is 5.32 Å². The summed E-state index contributed by atoms with van der Waals surface area (Å²) in [5.41, 5.74) is 2.44. The molecule has 0 radical (unpaired) electrons. The van der Waals surface area contributed by atoms with Crippen LogP contribution in [0.1, 0.15) is 34.6 Å². The van der Waals surface area contributed by atoms with Crippen LogP contribution in [0.3, 0.4) is 0 Å². The summed E-state index contributed by atoms with van der Waals surface area (Å²) in [6, 6.07) is 23.4. The van der Waals surface area contributed by atoms with E-state index < -0.39 is 0 Å². The van der Waals surface area contributed by atoms with E-state index in [0.717, 1.165) is 11.4 Å². The highest BCUT2D eigenvalue weighted by Gasteiger charge is 2.16. The quantitative estimate of drug-likeness (QED) is 0.619. The highest BCUT2D eigenvalue weighted by Crippen LogP contribution is 2.20. The van der Waals surface area contributed by atoms with Crippen molar-refractivity contribution in [2.24, 2.45) is 0 Å². The zero-order chi connectivity index (χ0) is 20.6. The lowest BCUT2D eigenvalue weighted by molar-refractivity contribution is 0.0985. The van der Waals surface area contributed by atoms with Gasteiger partial charge in [0.1, 0.15) is 5.75 Å². The first-order chi connectivity index (χ1) is 14.1. The fourth-order valence-corrected chi connectivity index (χ4v) is 3.01. The predicted octanol–water partition coefficient (Wildman–Crippen LogP) is 5.00. The van der Waals surface area contributed by atoms with Crippen LogP contribution in [-0.4, -0.2) is 25.0 Å². The van der Waals surface area contributed by atoms with Crippen LogP contribution >= 0.6 is 0 Å². The van der Waals surface area contributed by atoms with E-state index in [1.54, 1.807) is 53.4 Å². The van der Waals surface area contributed by atoms with Crippen molar-refractivity contribution in [2.75, 3.05) is 23.4 Å². The number of carbonyl (C=O) groups excluding carboxylic acids is 2. The normalized spacial score (nSPS) is 10.3. The minimum atomic E-state index is -0.243. The number of amides is 2. The molecule has 0 aliphatic heterocycles. The van der Waals surface area contributed by atoms with E-state index in [-0.39, 0.29) is 11.8 Å². The molecule has 0 aliphatic carbocycles. The molecule has 3 rings (SSSR count). The predicted molar refractivity (Wildman–Crippen MR) is 116 cm³/mol. The smallest absolute Gasteiger partial charge is 0.258 e. The van der Waals surface area contributed by atoms with Gasteiger partial charge in [0.05, 0.1) is 6.61 Å². The van der Waals surface area contributed by atoms with Crippen molar-refractivity contribution in [3.8, 4) is 5.75 Å². The zero-order valence-corrected chi connectivity index (χ0v) is 16.6. The Morgan fingerprint density at radius 1 is 0.862 bits per heavy atom. The highest BCUT2D eigenvalue weighted by molar-refractivity contribution is 6.08. The summed E-state index contributed by atoms with van der Waals surface area (Å²) in [7, 11) is 0. The Bertz CT molecular complexity index is 969. The SMILES string of the molecule is CCOc1ccc(C(=O)Nc2cccc(C(=O)N(CC)c3ccccc3)c2)cc1. The van der Waals surface area contributed by atoms with E-state index in [1.165, 1.54) is 0 Å². The summed E-state index contributed by atoms with van der Waals surface area (Å²) in [6.45, 7) is 4.96. The molecule has 0 fully saturated rings. The third-order valence-corrected chi connectivity index (χ3v) is 4.42. The van der Waals surface area contributed by atoms with Crippen molar-refractivity contribution in [1.82, 2.24) is 0 Å². The number of ether oxygens (including phenoxy) is 1. The summed E-state index contributed by atoms with van der Waals surface area (Å²) in [4.78, 5) is 27.2. The van der Waals surface area contributed by atoms with Gasteiger partial charge in [-0.15, -0.1) is 0 Å². The number of carbonyl (C=O) groups is 2. The third kappa shape index (κ3) is 5.02. The maximum atomic E-state index is 13.0. The lowest BCUT2D eigenvalue weighted by atomic mass is 10.1. The summed E-state index contributed by atoms with van der Waals surface area (Å²) < 4.78 is 5.40. The highest BCUT2D eigenvalue weighted by atomic mass is 16.5. The molecule has 0 atom stereocenters. The fourth-order valence-electron chi connectivity index (χ4n) is 3.01. The molecule has 0 unspecified atom stereocenters. The van der Waals surface area contributed by atoms with Gasteiger partial charge in [-0.2, -0.15) is 0 Å². The summed E-state index contributed by atoms with van der Waals surface area (Å²) >= 11 is 0. The number of hydrogen-bond donors (Lipinski definition) is 1. The molecule has 0 aliphatic rings. The van der Waals surface area contributed by atoms with Gasteiger partial charge in [0.15, 0.2) is 0 Å². The molecule has 0 aromatic heterocycles. The molecule has 0 saturated heterocycles. The Morgan fingerprint density at radius 3 is 2.24 bits per heavy atom. The van der Waals surface area contributed by atoms with Crippen LogP contribution in [0.25, 0.3) is 0 Å². The van der Waals surface area contributed by atoms with Gasteiger partial charge < -0.3 is 15.0 Å². The van der Waals surface area contributed by atoms with Crippen molar-refractivity contribution in [2.45, 2.75) is 13.8 Å². The number of para-hydroxylation sites is 1. The molecule has 3 aromatic carbocycles. The van der Waals surface area contributed by atoms with E-state index in [4.69, 9.17) is 4.74 Å². The molecule has 5 heteroatoms. The van der Waals surface area contributed by atoms with Crippen LogP contribution in [0.15, 0.2) is 78.9 Å². The monoisotopic (exact) mass is 388 g/mol. The maximum absolute atomic E-state index is 13.0. The first kappa shape index (κ1) is 20.1. The second kappa shape index (κ2) is 9.55. The van der Waals surface area contributed by atoms with Crippen LogP contribution in [0, 0.1) is 0 Å². The van der Waals surface area contributed by atoms with E-state index in [1.807, 2.05) is 44.2 Å². The van der Waals surface area contributed by atoms with Gasteiger partial charge in [0.2, 0.25) is 0 Å². The molecule has 3 aromatic rings. The fraction of sp³-hybridized carbons (Fsp3) is 0.167. The number of nitrogens with one attached hydrogen (secondary N) is 1. The lowest BCUT2D eigenvalue weighted by Crippen LogP contribution is -2.30. The van der Waals surface area contributed by atoms with Crippen molar-refractivity contribution in [1.29, 1.82) is 0 Å². The Morgan fingerprint density at radius 2 is 1.59 bits per heavy atom. The average Bonchev–Trinajstić information content (AvgIpc) is 2.76. The zero-order valence-electron chi connectivity index (χ0n) is 16.6. The van der Waals surface area contributed by atoms with Crippen molar-refractivity contribution < 1.29 is 14.3 Å². The standard InChI is InChI=1S/C24H24N2O3/c1-3-26(21-11-6-5-7-12-21)24(28)19-9-8-10-20(17-19)25-23(27)18-13-15-22(16-14-18)29-4-2/h5-17H,3-4H2,1-2H3,(H,25,27). The van der Waals surface area contributed by atoms with Gasteiger partial charge in [-0.1, -0.05) is 24.3 Å². The number of hydrogen-bond acceptors (Lipinski definition) is 3. The molecule has 29 heavy (non-hydrogen) atoms. The number of nitrogens with zero attached hydrogens (tertiary/aromatic N) is 1. The second-order valence-electron chi connectivity index (χ2n) is 6.38. The summed E-state index contributed by atoms with van der Waals surface area (Å²) in [5.74, 6) is 0.362. The molecule has 0 spiro atoms. The molecule has 0 bridgehead atoms. The molecular formula is C24H24N2O3. The van der Waals surface area contributed by atoms with Crippen molar-refractivity contribution in [3.63, 3.8) is 0 Å². The first-order valence-corrected chi connectivity index (χ1v) is 9.63. The largest absolute Gasteiger partial charge is 0.494 e. The topological polar surface area (TPSA) is 58.6 Å². The van der Waals surface area contributed by atoms with E-state index in [0.29, 0.717) is 30.0 Å². The minimum Gasteiger partial charge on any atom is -0.494 e. The van der Waals surface area contributed by atoms with Crippen molar-refractivity contribution in [3.05, 3.63) is 90.0 Å². The molecule has 2 amide bonds. The van der Waals surface area contributed by atoms with E-state index in [9.17, 15) is 9.59 Å². The van der Waals surface area contributed by atoms with Gasteiger partial charge in [-0.05, 0) is 68.4 Å².